The Morgan fingerprint density at radius 2 is 1.87 bits per heavy atom. The fourth-order valence-electron chi connectivity index (χ4n) is 1.90. The van der Waals surface area contributed by atoms with Gasteiger partial charge in [0.05, 0.1) is 6.61 Å². The molecule has 1 N–H and O–H groups in total. The van der Waals surface area contributed by atoms with Crippen molar-refractivity contribution in [2.45, 2.75) is 18.2 Å². The summed E-state index contributed by atoms with van der Waals surface area (Å²) in [4.78, 5) is 0.0659. The molecule has 2 aromatic rings. The first kappa shape index (κ1) is 17.8. The van der Waals surface area contributed by atoms with E-state index in [4.69, 9.17) is 14.0 Å². The molecule has 7 heteroatoms. The van der Waals surface area contributed by atoms with Crippen molar-refractivity contribution in [3.63, 3.8) is 0 Å². The van der Waals surface area contributed by atoms with Gasteiger partial charge in [-0.2, -0.15) is 8.42 Å². The van der Waals surface area contributed by atoms with Crippen LogP contribution in [0.15, 0.2) is 51.8 Å². The van der Waals surface area contributed by atoms with E-state index in [0.717, 1.165) is 5.56 Å². The van der Waals surface area contributed by atoms with Crippen LogP contribution in [0.3, 0.4) is 0 Å². The van der Waals surface area contributed by atoms with Crippen LogP contribution in [0.1, 0.15) is 12.0 Å². The molecule has 5 nitrogen and oxygen atoms in total. The molecule has 0 aliphatic rings. The lowest BCUT2D eigenvalue weighted by molar-refractivity contribution is 0.233. The molecule has 0 aromatic heterocycles. The van der Waals surface area contributed by atoms with E-state index in [0.29, 0.717) is 23.2 Å². The number of rotatable bonds is 7. The van der Waals surface area contributed by atoms with E-state index < -0.39 is 10.1 Å². The smallest absolute Gasteiger partial charge is 0.339 e. The normalized spacial score (nSPS) is 11.3. The van der Waals surface area contributed by atoms with Crippen molar-refractivity contribution < 1.29 is 22.4 Å². The van der Waals surface area contributed by atoms with Crippen LogP contribution < -0.4 is 8.92 Å². The molecule has 124 valence electrons. The van der Waals surface area contributed by atoms with Crippen molar-refractivity contribution in [2.75, 3.05) is 13.2 Å². The summed E-state index contributed by atoms with van der Waals surface area (Å²) in [6.45, 7) is 2.20. The van der Waals surface area contributed by atoms with Gasteiger partial charge in [-0.1, -0.05) is 22.0 Å². The molecule has 0 aliphatic carbocycles. The summed E-state index contributed by atoms with van der Waals surface area (Å²) in [6, 6.07) is 11.2. The first-order valence-electron chi connectivity index (χ1n) is 6.96. The second kappa shape index (κ2) is 7.81. The van der Waals surface area contributed by atoms with Gasteiger partial charge in [-0.15, -0.1) is 0 Å². The molecule has 0 saturated heterocycles. The van der Waals surface area contributed by atoms with Crippen LogP contribution in [0.5, 0.6) is 11.5 Å². The average Bonchev–Trinajstić information content (AvgIpc) is 2.46. The Morgan fingerprint density at radius 3 is 2.57 bits per heavy atom. The minimum Gasteiger partial charge on any atom is -0.493 e. The zero-order chi connectivity index (χ0) is 16.9. The van der Waals surface area contributed by atoms with Crippen LogP contribution >= 0.6 is 15.9 Å². The van der Waals surface area contributed by atoms with Crippen LogP contribution in [0.2, 0.25) is 0 Å². The molecule has 0 spiro atoms. The van der Waals surface area contributed by atoms with Gasteiger partial charge in [0.1, 0.15) is 16.4 Å². The van der Waals surface area contributed by atoms with Gasteiger partial charge >= 0.3 is 10.1 Å². The average molecular weight is 401 g/mol. The SMILES string of the molecule is Cc1cc(OCCCO)cc(OS(=O)(=O)c2cccc(Br)c2)c1. The topological polar surface area (TPSA) is 72.8 Å². The van der Waals surface area contributed by atoms with Crippen LogP contribution in [-0.2, 0) is 10.1 Å². The number of hydrogen-bond acceptors (Lipinski definition) is 5. The maximum Gasteiger partial charge on any atom is 0.339 e. The van der Waals surface area contributed by atoms with E-state index in [1.54, 1.807) is 24.3 Å². The van der Waals surface area contributed by atoms with E-state index in [-0.39, 0.29) is 17.3 Å². The van der Waals surface area contributed by atoms with Crippen molar-refractivity contribution in [3.8, 4) is 11.5 Å². The van der Waals surface area contributed by atoms with Crippen LogP contribution in [0.25, 0.3) is 0 Å². The first-order chi connectivity index (χ1) is 10.9. The first-order valence-corrected chi connectivity index (χ1v) is 9.16. The minimum atomic E-state index is -3.92. The van der Waals surface area contributed by atoms with E-state index in [9.17, 15) is 8.42 Å². The summed E-state index contributed by atoms with van der Waals surface area (Å²) >= 11 is 3.24. The second-order valence-corrected chi connectivity index (χ2v) is 7.36. The van der Waals surface area contributed by atoms with Crippen LogP contribution in [0.4, 0.5) is 0 Å². The van der Waals surface area contributed by atoms with E-state index >= 15 is 0 Å². The summed E-state index contributed by atoms with van der Waals surface area (Å²) < 4.78 is 35.9. The van der Waals surface area contributed by atoms with Gasteiger partial charge in [-0.3, -0.25) is 0 Å². The summed E-state index contributed by atoms with van der Waals surface area (Å²) in [5.41, 5.74) is 0.811. The highest BCUT2D eigenvalue weighted by molar-refractivity contribution is 9.10. The molecule has 0 saturated carbocycles. The van der Waals surface area contributed by atoms with Crippen LogP contribution in [-0.4, -0.2) is 26.7 Å². The molecule has 0 atom stereocenters. The lowest BCUT2D eigenvalue weighted by atomic mass is 10.2. The van der Waals surface area contributed by atoms with Gasteiger partial charge in [-0.05, 0) is 42.8 Å². The highest BCUT2D eigenvalue weighted by atomic mass is 79.9. The maximum atomic E-state index is 12.3. The number of ether oxygens (including phenoxy) is 1. The molecular weight excluding hydrogens is 384 g/mol. The molecule has 0 bridgehead atoms. The highest BCUT2D eigenvalue weighted by Gasteiger charge is 2.17. The molecule has 2 rings (SSSR count). The molecule has 0 heterocycles. The van der Waals surface area contributed by atoms with E-state index in [1.165, 1.54) is 18.2 Å². The third-order valence-electron chi connectivity index (χ3n) is 2.89. The number of aliphatic hydroxyl groups is 1. The summed E-state index contributed by atoms with van der Waals surface area (Å²) in [6.07, 6.45) is 0.500. The summed E-state index contributed by atoms with van der Waals surface area (Å²) in [5, 5.41) is 8.77. The molecule has 2 aromatic carbocycles. The molecule has 0 fully saturated rings. The lowest BCUT2D eigenvalue weighted by Crippen LogP contribution is -2.10. The Kier molecular flexibility index (Phi) is 6.04. The maximum absolute atomic E-state index is 12.3. The van der Waals surface area contributed by atoms with Crippen molar-refractivity contribution in [1.82, 2.24) is 0 Å². The minimum absolute atomic E-state index is 0.0342. The predicted octanol–water partition coefficient (Wildman–Crippen LogP) is 3.29. The largest absolute Gasteiger partial charge is 0.493 e. The number of halogens is 1. The fraction of sp³-hybridized carbons (Fsp3) is 0.250. The quantitative estimate of drug-likeness (QED) is 0.570. The van der Waals surface area contributed by atoms with Gasteiger partial charge in [0, 0.05) is 23.6 Å². The van der Waals surface area contributed by atoms with Gasteiger partial charge in [0.25, 0.3) is 0 Å². The standard InChI is InChI=1S/C16H17BrO5S/c1-12-8-14(21-7-3-6-18)11-15(9-12)22-23(19,20)16-5-2-4-13(17)10-16/h2,4-5,8-11,18H,3,6-7H2,1H3. The Morgan fingerprint density at radius 1 is 1.13 bits per heavy atom. The zero-order valence-electron chi connectivity index (χ0n) is 12.5. The van der Waals surface area contributed by atoms with Crippen molar-refractivity contribution >= 4 is 26.0 Å². The Hall–Kier alpha value is -1.57. The predicted molar refractivity (Wildman–Crippen MR) is 90.3 cm³/mol. The summed E-state index contributed by atoms with van der Waals surface area (Å²) in [7, 11) is -3.92. The van der Waals surface area contributed by atoms with Crippen molar-refractivity contribution in [1.29, 1.82) is 0 Å². The molecule has 0 aliphatic heterocycles. The van der Waals surface area contributed by atoms with Gasteiger partial charge < -0.3 is 14.0 Å². The zero-order valence-corrected chi connectivity index (χ0v) is 14.9. The van der Waals surface area contributed by atoms with Gasteiger partial charge in [0.15, 0.2) is 0 Å². The Balaban J connectivity index is 2.21. The van der Waals surface area contributed by atoms with Gasteiger partial charge in [0.2, 0.25) is 0 Å². The van der Waals surface area contributed by atoms with E-state index in [2.05, 4.69) is 15.9 Å². The Bertz CT molecular complexity index is 774. The molecular formula is C16H17BrO5S. The lowest BCUT2D eigenvalue weighted by Gasteiger charge is -2.11. The molecule has 0 unspecified atom stereocenters. The van der Waals surface area contributed by atoms with Crippen molar-refractivity contribution in [2.24, 2.45) is 0 Å². The second-order valence-electron chi connectivity index (χ2n) is 4.90. The monoisotopic (exact) mass is 400 g/mol. The molecule has 0 amide bonds. The fourth-order valence-corrected chi connectivity index (χ4v) is 3.41. The van der Waals surface area contributed by atoms with E-state index in [1.807, 2.05) is 6.92 Å². The number of benzene rings is 2. The number of aliphatic hydroxyl groups excluding tert-OH is 1. The number of hydrogen-bond donors (Lipinski definition) is 1. The molecule has 23 heavy (non-hydrogen) atoms. The Labute approximate surface area is 144 Å². The third kappa shape index (κ3) is 5.23. The van der Waals surface area contributed by atoms with Crippen molar-refractivity contribution in [3.05, 3.63) is 52.5 Å². The summed E-state index contributed by atoms with van der Waals surface area (Å²) in [5.74, 6) is 0.682. The highest BCUT2D eigenvalue weighted by Crippen LogP contribution is 2.26. The van der Waals surface area contributed by atoms with Crippen LogP contribution in [0, 0.1) is 6.92 Å². The number of aryl methyl sites for hydroxylation is 1. The third-order valence-corrected chi connectivity index (χ3v) is 4.62. The van der Waals surface area contributed by atoms with Gasteiger partial charge in [-0.25, -0.2) is 0 Å². The molecule has 0 radical (unpaired) electrons.